The van der Waals surface area contributed by atoms with Crippen LogP contribution in [0.25, 0.3) is 0 Å². The molecule has 2 aliphatic carbocycles. The number of thioether (sulfide) groups is 1. The molecule has 0 radical (unpaired) electrons. The number of hydrogen-bond donors (Lipinski definition) is 1. The van der Waals surface area contributed by atoms with E-state index in [0.717, 1.165) is 36.3 Å². The van der Waals surface area contributed by atoms with Gasteiger partial charge in [-0.25, -0.2) is 0 Å². The average molecular weight is 439 g/mol. The van der Waals surface area contributed by atoms with Gasteiger partial charge in [0.15, 0.2) is 0 Å². The second-order valence-electron chi connectivity index (χ2n) is 9.89. The summed E-state index contributed by atoms with van der Waals surface area (Å²) in [5.74, 6) is 2.61. The molecule has 0 aromatic heterocycles. The van der Waals surface area contributed by atoms with Crippen LogP contribution in [0.1, 0.15) is 62.5 Å². The maximum Gasteiger partial charge on any atom is 0.140 e. The summed E-state index contributed by atoms with van der Waals surface area (Å²) in [5, 5.41) is 11.3. The number of methoxy groups -OCH3 is 1. The van der Waals surface area contributed by atoms with Crippen molar-refractivity contribution in [3.05, 3.63) is 65.7 Å². The number of benzene rings is 2. The predicted octanol–water partition coefficient (Wildman–Crippen LogP) is 6.23. The highest BCUT2D eigenvalue weighted by Gasteiger charge is 2.63. The lowest BCUT2D eigenvalue weighted by Gasteiger charge is -2.38. The van der Waals surface area contributed by atoms with Crippen LogP contribution in [0.4, 0.5) is 0 Å². The molecule has 2 saturated carbocycles. The number of aliphatic hydroxyl groups is 1. The van der Waals surface area contributed by atoms with E-state index in [1.54, 1.807) is 7.11 Å². The molecule has 0 spiro atoms. The van der Waals surface area contributed by atoms with Crippen molar-refractivity contribution in [3.8, 4) is 5.75 Å². The highest BCUT2D eigenvalue weighted by Crippen LogP contribution is 2.65. The monoisotopic (exact) mass is 438 g/mol. The average Bonchev–Trinajstić information content (AvgIpc) is 3.14. The Hall–Kier alpha value is -1.78. The van der Waals surface area contributed by atoms with Gasteiger partial charge in [-0.15, -0.1) is 0 Å². The number of Topliss-reactive ketones (excluding diaryl/α,β-unsaturated/α-hetero) is 1. The Labute approximate surface area is 190 Å². The van der Waals surface area contributed by atoms with Crippen molar-refractivity contribution in [1.29, 1.82) is 0 Å². The lowest BCUT2D eigenvalue weighted by Crippen LogP contribution is -2.38. The summed E-state index contributed by atoms with van der Waals surface area (Å²) in [7, 11) is 1.67. The van der Waals surface area contributed by atoms with E-state index in [-0.39, 0.29) is 22.0 Å². The second kappa shape index (κ2) is 8.63. The van der Waals surface area contributed by atoms with E-state index in [4.69, 9.17) is 4.74 Å². The lowest BCUT2D eigenvalue weighted by molar-refractivity contribution is -0.127. The fraction of sp³-hybridized carbons (Fsp3) is 0.519. The SMILES string of the molecule is COc1ccc([C@H](SC[C@]23CC[C@H](CC2=O)C3(C)C)[C@H](C)[C@@H](O)c2ccccc2)cc1. The normalized spacial score (nSPS) is 27.1. The number of carbonyl (C=O) groups excluding carboxylic acids is 1. The largest absolute Gasteiger partial charge is 0.497 e. The summed E-state index contributed by atoms with van der Waals surface area (Å²) in [5.41, 5.74) is 1.93. The first-order valence-corrected chi connectivity index (χ1v) is 12.4. The van der Waals surface area contributed by atoms with E-state index in [0.29, 0.717) is 11.7 Å². The Kier molecular flexibility index (Phi) is 6.24. The Morgan fingerprint density at radius 2 is 1.77 bits per heavy atom. The number of ether oxygens (including phenoxy) is 1. The number of rotatable bonds is 8. The summed E-state index contributed by atoms with van der Waals surface area (Å²) in [6.07, 6.45) is 2.33. The van der Waals surface area contributed by atoms with Gasteiger partial charge in [-0.1, -0.05) is 63.2 Å². The molecule has 2 aromatic rings. The molecule has 1 N–H and O–H groups in total. The first-order valence-electron chi connectivity index (χ1n) is 11.3. The zero-order valence-electron chi connectivity index (χ0n) is 19.0. The molecule has 31 heavy (non-hydrogen) atoms. The zero-order chi connectivity index (χ0) is 22.2. The fourth-order valence-corrected chi connectivity index (χ4v) is 7.75. The van der Waals surface area contributed by atoms with Crippen molar-refractivity contribution in [1.82, 2.24) is 0 Å². The highest BCUT2D eigenvalue weighted by molar-refractivity contribution is 7.99. The molecule has 5 atom stereocenters. The van der Waals surface area contributed by atoms with Gasteiger partial charge in [0, 0.05) is 28.8 Å². The predicted molar refractivity (Wildman–Crippen MR) is 127 cm³/mol. The van der Waals surface area contributed by atoms with Crippen LogP contribution in [0.15, 0.2) is 54.6 Å². The number of hydrogen-bond acceptors (Lipinski definition) is 4. The number of fused-ring (bicyclic) bond motifs is 2. The smallest absolute Gasteiger partial charge is 0.140 e. The molecule has 4 rings (SSSR count). The molecule has 0 unspecified atom stereocenters. The number of ketones is 1. The Balaban J connectivity index is 1.61. The molecular weight excluding hydrogens is 404 g/mol. The Morgan fingerprint density at radius 3 is 2.32 bits per heavy atom. The maximum atomic E-state index is 13.1. The van der Waals surface area contributed by atoms with Crippen LogP contribution in [0.2, 0.25) is 0 Å². The standard InChI is InChI=1S/C27H34O3S/c1-18(24(29)19-8-6-5-7-9-19)25(20-10-12-22(30-4)13-11-20)31-17-27-15-14-21(16-23(27)28)26(27,2)3/h5-13,18,21,24-25,29H,14-17H2,1-4H3/t18-,21-,24-,25-,27-/m1/s1. The Bertz CT molecular complexity index is 908. The van der Waals surface area contributed by atoms with Crippen molar-refractivity contribution >= 4 is 17.5 Å². The summed E-state index contributed by atoms with van der Waals surface area (Å²) >= 11 is 1.85. The molecule has 0 saturated heterocycles. The van der Waals surface area contributed by atoms with Crippen LogP contribution < -0.4 is 4.74 Å². The molecule has 0 amide bonds. The molecule has 2 aliphatic rings. The Morgan fingerprint density at radius 1 is 1.10 bits per heavy atom. The minimum absolute atomic E-state index is 0.00554. The van der Waals surface area contributed by atoms with Gasteiger partial charge >= 0.3 is 0 Å². The van der Waals surface area contributed by atoms with Crippen molar-refractivity contribution in [2.75, 3.05) is 12.9 Å². The highest BCUT2D eigenvalue weighted by atomic mass is 32.2. The number of carbonyl (C=O) groups is 1. The molecule has 2 aromatic carbocycles. The summed E-state index contributed by atoms with van der Waals surface area (Å²) < 4.78 is 5.35. The second-order valence-corrected chi connectivity index (χ2v) is 11.0. The maximum absolute atomic E-state index is 13.1. The van der Waals surface area contributed by atoms with Crippen LogP contribution in [-0.4, -0.2) is 23.8 Å². The molecule has 2 bridgehead atoms. The zero-order valence-corrected chi connectivity index (χ0v) is 19.8. The molecule has 0 aliphatic heterocycles. The third-order valence-corrected chi connectivity index (χ3v) is 9.93. The molecular formula is C27H34O3S. The van der Waals surface area contributed by atoms with E-state index in [9.17, 15) is 9.90 Å². The van der Waals surface area contributed by atoms with Gasteiger partial charge in [0.25, 0.3) is 0 Å². The van der Waals surface area contributed by atoms with Gasteiger partial charge in [0.1, 0.15) is 11.5 Å². The summed E-state index contributed by atoms with van der Waals surface area (Å²) in [6, 6.07) is 18.1. The molecule has 2 fully saturated rings. The van der Waals surface area contributed by atoms with Gasteiger partial charge in [0.05, 0.1) is 13.2 Å². The van der Waals surface area contributed by atoms with Crippen molar-refractivity contribution in [2.24, 2.45) is 22.7 Å². The van der Waals surface area contributed by atoms with E-state index in [1.807, 2.05) is 54.2 Å². The minimum atomic E-state index is -0.568. The van der Waals surface area contributed by atoms with Crippen LogP contribution in [0, 0.1) is 22.7 Å². The minimum Gasteiger partial charge on any atom is -0.497 e. The fourth-order valence-electron chi connectivity index (χ4n) is 5.80. The van der Waals surface area contributed by atoms with Crippen LogP contribution in [-0.2, 0) is 4.79 Å². The topological polar surface area (TPSA) is 46.5 Å². The van der Waals surface area contributed by atoms with Gasteiger partial charge in [-0.2, -0.15) is 11.8 Å². The molecule has 0 heterocycles. The third kappa shape index (κ3) is 3.82. The molecule has 4 heteroatoms. The third-order valence-electron chi connectivity index (χ3n) is 8.21. The lowest BCUT2D eigenvalue weighted by atomic mass is 9.70. The van der Waals surface area contributed by atoms with Gasteiger partial charge < -0.3 is 9.84 Å². The quantitative estimate of drug-likeness (QED) is 0.530. The van der Waals surface area contributed by atoms with Gasteiger partial charge in [-0.05, 0) is 47.4 Å². The van der Waals surface area contributed by atoms with Crippen LogP contribution in [0.5, 0.6) is 5.75 Å². The van der Waals surface area contributed by atoms with Crippen molar-refractivity contribution in [3.63, 3.8) is 0 Å². The van der Waals surface area contributed by atoms with E-state index in [2.05, 4.69) is 32.9 Å². The first-order chi connectivity index (χ1) is 14.8. The van der Waals surface area contributed by atoms with Crippen molar-refractivity contribution < 1.29 is 14.6 Å². The number of aliphatic hydroxyl groups excluding tert-OH is 1. The van der Waals surface area contributed by atoms with Crippen LogP contribution in [0.3, 0.4) is 0 Å². The van der Waals surface area contributed by atoms with Gasteiger partial charge in [-0.3, -0.25) is 4.79 Å². The van der Waals surface area contributed by atoms with Gasteiger partial charge in [0.2, 0.25) is 0 Å². The van der Waals surface area contributed by atoms with E-state index >= 15 is 0 Å². The summed E-state index contributed by atoms with van der Waals surface area (Å²) in [4.78, 5) is 13.1. The van der Waals surface area contributed by atoms with E-state index < -0.39 is 6.10 Å². The van der Waals surface area contributed by atoms with Crippen LogP contribution >= 0.6 is 11.8 Å². The molecule has 166 valence electrons. The first kappa shape index (κ1) is 22.4. The van der Waals surface area contributed by atoms with Crippen molar-refractivity contribution in [2.45, 2.75) is 51.4 Å². The van der Waals surface area contributed by atoms with E-state index in [1.165, 1.54) is 5.56 Å². The molecule has 3 nitrogen and oxygen atoms in total. The summed E-state index contributed by atoms with van der Waals surface area (Å²) in [6.45, 7) is 6.71.